The molecule has 3 aromatic rings. The lowest BCUT2D eigenvalue weighted by Gasteiger charge is -2.30. The molecule has 1 aromatic heterocycles. The first kappa shape index (κ1) is 18.6. The molecule has 0 radical (unpaired) electrons. The zero-order valence-corrected chi connectivity index (χ0v) is 16.9. The first-order valence-corrected chi connectivity index (χ1v) is 10.5. The summed E-state index contributed by atoms with van der Waals surface area (Å²) in [5.74, 6) is -0.0855. The number of rotatable bonds is 4. The third kappa shape index (κ3) is 3.17. The standard InChI is InChI=1S/C23H18N2O4S/c26-21(24-10-9-15-4-1-2-5-17(15)24)13-25-18-12-16(23(28)20-6-3-11-30-20)7-8-19(18)29-14-22(25)27/h1-8,11-12H,9-10,13-14H2. The van der Waals surface area contributed by atoms with Crippen molar-refractivity contribution in [3.63, 3.8) is 0 Å². The summed E-state index contributed by atoms with van der Waals surface area (Å²) in [6, 6.07) is 16.4. The van der Waals surface area contributed by atoms with Crippen molar-refractivity contribution in [3.8, 4) is 5.75 Å². The van der Waals surface area contributed by atoms with E-state index >= 15 is 0 Å². The van der Waals surface area contributed by atoms with Crippen molar-refractivity contribution in [2.75, 3.05) is 29.5 Å². The molecule has 2 amide bonds. The molecule has 0 bridgehead atoms. The third-order valence-corrected chi connectivity index (χ3v) is 6.26. The van der Waals surface area contributed by atoms with Gasteiger partial charge in [-0.3, -0.25) is 19.3 Å². The number of thiophene rings is 1. The molecule has 0 saturated heterocycles. The molecule has 0 saturated carbocycles. The number of hydrogen-bond acceptors (Lipinski definition) is 5. The van der Waals surface area contributed by atoms with Gasteiger partial charge in [0.25, 0.3) is 5.91 Å². The van der Waals surface area contributed by atoms with E-state index in [0.717, 1.165) is 17.7 Å². The number of nitrogens with zero attached hydrogens (tertiary/aromatic N) is 2. The Morgan fingerprint density at radius 2 is 1.90 bits per heavy atom. The number of fused-ring (bicyclic) bond motifs is 2. The second-order valence-electron chi connectivity index (χ2n) is 7.18. The van der Waals surface area contributed by atoms with Gasteiger partial charge < -0.3 is 9.64 Å². The second-order valence-corrected chi connectivity index (χ2v) is 8.13. The summed E-state index contributed by atoms with van der Waals surface area (Å²) in [5.41, 5.74) is 2.93. The van der Waals surface area contributed by atoms with E-state index in [1.807, 2.05) is 35.7 Å². The molecule has 0 unspecified atom stereocenters. The Morgan fingerprint density at radius 1 is 1.03 bits per heavy atom. The highest BCUT2D eigenvalue weighted by Crippen LogP contribution is 2.35. The van der Waals surface area contributed by atoms with Gasteiger partial charge in [-0.1, -0.05) is 24.3 Å². The van der Waals surface area contributed by atoms with Gasteiger partial charge in [0.1, 0.15) is 12.3 Å². The molecule has 2 aliphatic heterocycles. The van der Waals surface area contributed by atoms with Crippen molar-refractivity contribution in [3.05, 3.63) is 76.0 Å². The van der Waals surface area contributed by atoms with Crippen molar-refractivity contribution in [1.82, 2.24) is 0 Å². The van der Waals surface area contributed by atoms with Crippen LogP contribution in [-0.2, 0) is 16.0 Å². The summed E-state index contributed by atoms with van der Waals surface area (Å²) in [5, 5.41) is 1.84. The van der Waals surface area contributed by atoms with Crippen LogP contribution in [0.2, 0.25) is 0 Å². The lowest BCUT2D eigenvalue weighted by Crippen LogP contribution is -2.46. The smallest absolute Gasteiger partial charge is 0.265 e. The number of hydrogen-bond donors (Lipinski definition) is 0. The van der Waals surface area contributed by atoms with E-state index in [1.54, 1.807) is 29.2 Å². The van der Waals surface area contributed by atoms with Gasteiger partial charge >= 0.3 is 0 Å². The number of para-hydroxylation sites is 1. The van der Waals surface area contributed by atoms with Gasteiger partial charge in [0.05, 0.1) is 10.6 Å². The first-order chi connectivity index (χ1) is 14.6. The molecule has 0 spiro atoms. The molecule has 0 atom stereocenters. The maximum Gasteiger partial charge on any atom is 0.265 e. The molecule has 0 fully saturated rings. The van der Waals surface area contributed by atoms with E-state index < -0.39 is 0 Å². The van der Waals surface area contributed by atoms with E-state index in [-0.39, 0.29) is 30.7 Å². The number of anilines is 2. The van der Waals surface area contributed by atoms with Crippen LogP contribution < -0.4 is 14.5 Å². The van der Waals surface area contributed by atoms with Gasteiger partial charge in [-0.25, -0.2) is 0 Å². The fourth-order valence-electron chi connectivity index (χ4n) is 3.88. The van der Waals surface area contributed by atoms with Gasteiger partial charge in [-0.05, 0) is 47.7 Å². The Labute approximate surface area is 177 Å². The minimum Gasteiger partial charge on any atom is -0.482 e. The van der Waals surface area contributed by atoms with Crippen LogP contribution in [0.1, 0.15) is 20.8 Å². The van der Waals surface area contributed by atoms with Crippen LogP contribution in [-0.4, -0.2) is 37.3 Å². The largest absolute Gasteiger partial charge is 0.482 e. The Balaban J connectivity index is 1.44. The molecule has 7 heteroatoms. The average molecular weight is 418 g/mol. The molecule has 2 aliphatic rings. The lowest BCUT2D eigenvalue weighted by molar-refractivity contribution is -0.124. The number of ether oxygens (including phenoxy) is 1. The van der Waals surface area contributed by atoms with Crippen molar-refractivity contribution in [1.29, 1.82) is 0 Å². The summed E-state index contributed by atoms with van der Waals surface area (Å²) < 4.78 is 5.53. The van der Waals surface area contributed by atoms with Crippen LogP contribution in [0, 0.1) is 0 Å². The summed E-state index contributed by atoms with van der Waals surface area (Å²) in [6.45, 7) is 0.371. The van der Waals surface area contributed by atoms with Crippen molar-refractivity contribution in [2.45, 2.75) is 6.42 Å². The molecular formula is C23H18N2O4S. The average Bonchev–Trinajstić information content (AvgIpc) is 3.45. The lowest BCUT2D eigenvalue weighted by atomic mass is 10.1. The van der Waals surface area contributed by atoms with Crippen LogP contribution in [0.25, 0.3) is 0 Å². The van der Waals surface area contributed by atoms with Gasteiger partial charge in [0.2, 0.25) is 11.7 Å². The fraction of sp³-hybridized carbons (Fsp3) is 0.174. The zero-order chi connectivity index (χ0) is 20.7. The number of carbonyl (C=O) groups excluding carboxylic acids is 3. The third-order valence-electron chi connectivity index (χ3n) is 5.39. The van der Waals surface area contributed by atoms with Crippen LogP contribution in [0.4, 0.5) is 11.4 Å². The number of benzene rings is 2. The second kappa shape index (κ2) is 7.42. The summed E-state index contributed by atoms with van der Waals surface area (Å²) >= 11 is 1.36. The minimum atomic E-state index is -0.302. The summed E-state index contributed by atoms with van der Waals surface area (Å²) in [4.78, 5) is 42.2. The van der Waals surface area contributed by atoms with E-state index in [4.69, 9.17) is 4.74 Å². The number of ketones is 1. The molecule has 0 N–H and O–H groups in total. The molecule has 6 nitrogen and oxygen atoms in total. The number of carbonyl (C=O) groups is 3. The van der Waals surface area contributed by atoms with Gasteiger partial charge in [-0.15, -0.1) is 11.3 Å². The van der Waals surface area contributed by atoms with Gasteiger partial charge in [0.15, 0.2) is 6.61 Å². The van der Waals surface area contributed by atoms with Gasteiger partial charge in [0, 0.05) is 17.8 Å². The zero-order valence-electron chi connectivity index (χ0n) is 16.0. The summed E-state index contributed by atoms with van der Waals surface area (Å²) in [6.07, 6.45) is 0.801. The predicted octanol–water partition coefficient (Wildman–Crippen LogP) is 3.29. The Hall–Kier alpha value is -3.45. The Bertz CT molecular complexity index is 1160. The predicted molar refractivity (Wildman–Crippen MR) is 115 cm³/mol. The van der Waals surface area contributed by atoms with E-state index in [2.05, 4.69) is 0 Å². The summed E-state index contributed by atoms with van der Waals surface area (Å²) in [7, 11) is 0. The molecule has 5 rings (SSSR count). The van der Waals surface area contributed by atoms with Crippen molar-refractivity contribution < 1.29 is 19.1 Å². The molecule has 150 valence electrons. The topological polar surface area (TPSA) is 66.9 Å². The van der Waals surface area contributed by atoms with Gasteiger partial charge in [-0.2, -0.15) is 0 Å². The van der Waals surface area contributed by atoms with Crippen molar-refractivity contribution >= 4 is 40.3 Å². The highest BCUT2D eigenvalue weighted by molar-refractivity contribution is 7.12. The maximum atomic E-state index is 13.1. The maximum absolute atomic E-state index is 13.1. The molecule has 3 heterocycles. The van der Waals surface area contributed by atoms with E-state index in [1.165, 1.54) is 16.2 Å². The fourth-order valence-corrected chi connectivity index (χ4v) is 4.57. The quantitative estimate of drug-likeness (QED) is 0.610. The number of amides is 2. The van der Waals surface area contributed by atoms with E-state index in [0.29, 0.717) is 28.4 Å². The monoisotopic (exact) mass is 418 g/mol. The SMILES string of the molecule is O=C(c1ccc2c(c1)N(CC(=O)N1CCc3ccccc31)C(=O)CO2)c1cccs1. The highest BCUT2D eigenvalue weighted by atomic mass is 32.1. The molecule has 30 heavy (non-hydrogen) atoms. The van der Waals surface area contributed by atoms with Crippen LogP contribution in [0.5, 0.6) is 5.75 Å². The Morgan fingerprint density at radius 3 is 2.73 bits per heavy atom. The normalized spacial score (nSPS) is 14.9. The molecule has 2 aromatic carbocycles. The van der Waals surface area contributed by atoms with E-state index in [9.17, 15) is 14.4 Å². The minimum absolute atomic E-state index is 0.0971. The molecule has 0 aliphatic carbocycles. The first-order valence-electron chi connectivity index (χ1n) is 9.65. The van der Waals surface area contributed by atoms with Crippen LogP contribution in [0.3, 0.4) is 0 Å². The highest BCUT2D eigenvalue weighted by Gasteiger charge is 2.32. The van der Waals surface area contributed by atoms with Crippen molar-refractivity contribution in [2.24, 2.45) is 0 Å². The van der Waals surface area contributed by atoms with Crippen LogP contribution >= 0.6 is 11.3 Å². The Kier molecular flexibility index (Phi) is 4.59. The molecular weight excluding hydrogens is 400 g/mol. The van der Waals surface area contributed by atoms with Crippen LogP contribution in [0.15, 0.2) is 60.0 Å².